The fraction of sp³-hybridized carbons (Fsp3) is 0.188. The predicted molar refractivity (Wildman–Crippen MR) is 89.4 cm³/mol. The minimum Gasteiger partial charge on any atom is -0.376 e. The first kappa shape index (κ1) is 15.7. The first-order valence-corrected chi connectivity index (χ1v) is 7.41. The van der Waals surface area contributed by atoms with Crippen molar-refractivity contribution in [3.63, 3.8) is 0 Å². The zero-order chi connectivity index (χ0) is 15.2. The third-order valence-corrected chi connectivity index (χ3v) is 3.40. The molecule has 2 rings (SSSR count). The Morgan fingerprint density at radius 1 is 1.00 bits per heavy atom. The van der Waals surface area contributed by atoms with Gasteiger partial charge in [-0.1, -0.05) is 42.3 Å². The maximum Gasteiger partial charge on any atom is 0.243 e. The Kier molecular flexibility index (Phi) is 5.48. The highest BCUT2D eigenvalue weighted by Crippen LogP contribution is 2.22. The van der Waals surface area contributed by atoms with E-state index in [-0.39, 0.29) is 12.5 Å². The highest BCUT2D eigenvalue weighted by Gasteiger charge is 2.04. The lowest BCUT2D eigenvalue weighted by Gasteiger charge is -2.09. The van der Waals surface area contributed by atoms with Crippen molar-refractivity contribution in [2.24, 2.45) is 0 Å². The molecule has 2 aromatic carbocycles. The van der Waals surface area contributed by atoms with E-state index in [1.807, 2.05) is 24.3 Å². The van der Waals surface area contributed by atoms with Crippen molar-refractivity contribution in [1.29, 1.82) is 0 Å². The number of anilines is 2. The number of benzene rings is 2. The van der Waals surface area contributed by atoms with Gasteiger partial charge < -0.3 is 10.6 Å². The van der Waals surface area contributed by atoms with Gasteiger partial charge in [0.1, 0.15) is 0 Å². The summed E-state index contributed by atoms with van der Waals surface area (Å²) in [5.74, 6) is -0.129. The van der Waals surface area contributed by atoms with E-state index in [0.29, 0.717) is 15.7 Å². The summed E-state index contributed by atoms with van der Waals surface area (Å²) in [4.78, 5) is 11.9. The second kappa shape index (κ2) is 7.34. The van der Waals surface area contributed by atoms with Gasteiger partial charge in [-0.3, -0.25) is 4.79 Å². The normalized spacial score (nSPS) is 10.2. The smallest absolute Gasteiger partial charge is 0.243 e. The third-order valence-electron chi connectivity index (χ3n) is 2.96. The van der Waals surface area contributed by atoms with Crippen LogP contribution in [0.25, 0.3) is 0 Å². The minimum atomic E-state index is -0.129. The van der Waals surface area contributed by atoms with Crippen LogP contribution in [0.1, 0.15) is 12.5 Å². The SMILES string of the molecule is CCc1ccc(NC(=O)CNc2cc(Cl)cc(Cl)c2)cc1. The predicted octanol–water partition coefficient (Wildman–Crippen LogP) is 4.61. The number of amides is 1. The van der Waals surface area contributed by atoms with Crippen molar-refractivity contribution >= 4 is 40.5 Å². The van der Waals surface area contributed by atoms with Crippen LogP contribution in [0.5, 0.6) is 0 Å². The Morgan fingerprint density at radius 2 is 1.62 bits per heavy atom. The second-order valence-electron chi connectivity index (χ2n) is 4.61. The summed E-state index contributed by atoms with van der Waals surface area (Å²) in [6, 6.07) is 12.9. The van der Waals surface area contributed by atoms with Gasteiger partial charge >= 0.3 is 0 Å². The lowest BCUT2D eigenvalue weighted by Crippen LogP contribution is -2.21. The van der Waals surface area contributed by atoms with Crippen LogP contribution in [0.2, 0.25) is 10.0 Å². The first-order valence-electron chi connectivity index (χ1n) is 6.65. The van der Waals surface area contributed by atoms with Gasteiger partial charge in [0.15, 0.2) is 0 Å². The summed E-state index contributed by atoms with van der Waals surface area (Å²) < 4.78 is 0. The standard InChI is InChI=1S/C16H16Cl2N2O/c1-2-11-3-5-14(6-4-11)20-16(21)10-19-15-8-12(17)7-13(18)9-15/h3-9,19H,2,10H2,1H3,(H,20,21). The lowest BCUT2D eigenvalue weighted by molar-refractivity contribution is -0.114. The van der Waals surface area contributed by atoms with Crippen LogP contribution in [-0.4, -0.2) is 12.5 Å². The lowest BCUT2D eigenvalue weighted by atomic mass is 10.1. The third kappa shape index (κ3) is 4.96. The zero-order valence-electron chi connectivity index (χ0n) is 11.6. The summed E-state index contributed by atoms with van der Waals surface area (Å²) >= 11 is 11.8. The molecule has 1 amide bonds. The number of carbonyl (C=O) groups is 1. The molecule has 0 spiro atoms. The monoisotopic (exact) mass is 322 g/mol. The summed E-state index contributed by atoms with van der Waals surface area (Å²) in [5, 5.41) is 6.87. The molecule has 0 heterocycles. The van der Waals surface area contributed by atoms with Gasteiger partial charge in [-0.2, -0.15) is 0 Å². The van der Waals surface area contributed by atoms with E-state index in [9.17, 15) is 4.79 Å². The van der Waals surface area contributed by atoms with Crippen molar-refractivity contribution < 1.29 is 4.79 Å². The Hall–Kier alpha value is -1.71. The molecule has 0 radical (unpaired) electrons. The average molecular weight is 323 g/mol. The van der Waals surface area contributed by atoms with Crippen molar-refractivity contribution in [1.82, 2.24) is 0 Å². The number of nitrogens with one attached hydrogen (secondary N) is 2. The molecule has 21 heavy (non-hydrogen) atoms. The van der Waals surface area contributed by atoms with E-state index in [2.05, 4.69) is 17.6 Å². The molecule has 0 aliphatic carbocycles. The maximum absolute atomic E-state index is 11.9. The quantitative estimate of drug-likeness (QED) is 0.844. The van der Waals surface area contributed by atoms with Gasteiger partial charge in [0.05, 0.1) is 6.54 Å². The van der Waals surface area contributed by atoms with E-state index >= 15 is 0 Å². The van der Waals surface area contributed by atoms with Crippen LogP contribution in [0.4, 0.5) is 11.4 Å². The molecule has 0 aromatic heterocycles. The summed E-state index contributed by atoms with van der Waals surface area (Å²) in [6.45, 7) is 2.24. The van der Waals surface area contributed by atoms with E-state index in [0.717, 1.165) is 12.1 Å². The van der Waals surface area contributed by atoms with E-state index < -0.39 is 0 Å². The van der Waals surface area contributed by atoms with Crippen LogP contribution in [0.15, 0.2) is 42.5 Å². The average Bonchev–Trinajstić information content (AvgIpc) is 2.45. The van der Waals surface area contributed by atoms with E-state index in [1.165, 1.54) is 5.56 Å². The molecule has 0 aliphatic heterocycles. The van der Waals surface area contributed by atoms with E-state index in [4.69, 9.17) is 23.2 Å². The van der Waals surface area contributed by atoms with Gasteiger partial charge in [0.25, 0.3) is 0 Å². The molecule has 0 unspecified atom stereocenters. The Morgan fingerprint density at radius 3 is 2.19 bits per heavy atom. The molecule has 2 aromatic rings. The molecule has 2 N–H and O–H groups in total. The number of rotatable bonds is 5. The number of carbonyl (C=O) groups excluding carboxylic acids is 1. The molecule has 0 saturated heterocycles. The molecule has 0 bridgehead atoms. The molecule has 3 nitrogen and oxygen atoms in total. The van der Waals surface area contributed by atoms with Crippen LogP contribution in [-0.2, 0) is 11.2 Å². The van der Waals surface area contributed by atoms with Gasteiger partial charge in [-0.05, 0) is 42.3 Å². The van der Waals surface area contributed by atoms with Gasteiger partial charge in [-0.25, -0.2) is 0 Å². The summed E-state index contributed by atoms with van der Waals surface area (Å²) in [6.07, 6.45) is 0.977. The number of hydrogen-bond donors (Lipinski definition) is 2. The van der Waals surface area contributed by atoms with Crippen LogP contribution < -0.4 is 10.6 Å². The van der Waals surface area contributed by atoms with Crippen LogP contribution in [0, 0.1) is 0 Å². The molecular formula is C16H16Cl2N2O. The highest BCUT2D eigenvalue weighted by atomic mass is 35.5. The summed E-state index contributed by atoms with van der Waals surface area (Å²) in [7, 11) is 0. The number of halogens is 2. The zero-order valence-corrected chi connectivity index (χ0v) is 13.1. The minimum absolute atomic E-state index is 0.129. The largest absolute Gasteiger partial charge is 0.376 e. The van der Waals surface area contributed by atoms with Crippen LogP contribution in [0.3, 0.4) is 0 Å². The number of aryl methyl sites for hydroxylation is 1. The van der Waals surface area contributed by atoms with Gasteiger partial charge in [-0.15, -0.1) is 0 Å². The van der Waals surface area contributed by atoms with Crippen LogP contribution >= 0.6 is 23.2 Å². The Bertz CT molecular complexity index is 606. The molecule has 0 saturated carbocycles. The molecule has 5 heteroatoms. The Balaban J connectivity index is 1.89. The molecular weight excluding hydrogens is 307 g/mol. The maximum atomic E-state index is 11.9. The van der Waals surface area contributed by atoms with Crippen molar-refractivity contribution in [3.8, 4) is 0 Å². The molecule has 0 atom stereocenters. The van der Waals surface area contributed by atoms with Crippen molar-refractivity contribution in [2.45, 2.75) is 13.3 Å². The number of hydrogen-bond acceptors (Lipinski definition) is 2. The molecule has 0 aliphatic rings. The van der Waals surface area contributed by atoms with Crippen molar-refractivity contribution in [2.75, 3.05) is 17.2 Å². The van der Waals surface area contributed by atoms with Gasteiger partial charge in [0.2, 0.25) is 5.91 Å². The topological polar surface area (TPSA) is 41.1 Å². The van der Waals surface area contributed by atoms with Crippen molar-refractivity contribution in [3.05, 3.63) is 58.1 Å². The molecule has 0 fully saturated rings. The first-order chi connectivity index (χ1) is 10.1. The second-order valence-corrected chi connectivity index (χ2v) is 5.48. The van der Waals surface area contributed by atoms with Gasteiger partial charge in [0, 0.05) is 21.4 Å². The fourth-order valence-corrected chi connectivity index (χ4v) is 2.39. The highest BCUT2D eigenvalue weighted by molar-refractivity contribution is 6.35. The fourth-order valence-electron chi connectivity index (χ4n) is 1.87. The summed E-state index contributed by atoms with van der Waals surface area (Å²) in [5.41, 5.74) is 2.73. The van der Waals surface area contributed by atoms with E-state index in [1.54, 1.807) is 18.2 Å². The Labute approximate surface area is 134 Å². The molecule has 110 valence electrons.